The summed E-state index contributed by atoms with van der Waals surface area (Å²) < 4.78 is 26.7. The Morgan fingerprint density at radius 3 is 2.95 bits per heavy atom. The molecule has 6 nitrogen and oxygen atoms in total. The summed E-state index contributed by atoms with van der Waals surface area (Å²) in [7, 11) is -3.51. The number of sulfonamides is 1. The number of nitrogens with zero attached hydrogens (tertiary/aromatic N) is 2. The molecule has 2 unspecified atom stereocenters. The summed E-state index contributed by atoms with van der Waals surface area (Å²) in [6.45, 7) is 2.22. The number of rotatable bonds is 4. The van der Waals surface area contributed by atoms with Crippen molar-refractivity contribution in [1.82, 2.24) is 14.5 Å². The standard InChI is InChI=1S/C12H21N3O3S/c1-10(16)7-11-5-3-2-4-6-15(11)19(17,18)12-8-13-14-9-12/h8-11,16H,2-7H2,1H3,(H,13,14). The highest BCUT2D eigenvalue weighted by atomic mass is 32.2. The van der Waals surface area contributed by atoms with E-state index < -0.39 is 16.1 Å². The second kappa shape index (κ2) is 6.02. The van der Waals surface area contributed by atoms with Crippen LogP contribution in [0, 0.1) is 0 Å². The Morgan fingerprint density at radius 2 is 2.32 bits per heavy atom. The van der Waals surface area contributed by atoms with E-state index in [1.165, 1.54) is 16.7 Å². The maximum atomic E-state index is 12.6. The fourth-order valence-corrected chi connectivity index (χ4v) is 4.22. The van der Waals surface area contributed by atoms with Gasteiger partial charge in [-0.2, -0.15) is 9.40 Å². The van der Waals surface area contributed by atoms with Gasteiger partial charge in [-0.3, -0.25) is 5.10 Å². The zero-order chi connectivity index (χ0) is 13.9. The molecule has 1 aliphatic rings. The number of aromatic nitrogens is 2. The van der Waals surface area contributed by atoms with Gasteiger partial charge in [-0.1, -0.05) is 12.8 Å². The number of aromatic amines is 1. The molecule has 1 aromatic heterocycles. The normalized spacial score (nSPS) is 24.0. The first kappa shape index (κ1) is 14.5. The summed E-state index contributed by atoms with van der Waals surface area (Å²) in [6, 6.07) is -0.123. The molecule has 1 fully saturated rings. The van der Waals surface area contributed by atoms with Crippen LogP contribution in [0.3, 0.4) is 0 Å². The Kier molecular flexibility index (Phi) is 4.59. The molecule has 19 heavy (non-hydrogen) atoms. The van der Waals surface area contributed by atoms with Gasteiger partial charge >= 0.3 is 0 Å². The van der Waals surface area contributed by atoms with Crippen LogP contribution in [0.4, 0.5) is 0 Å². The topological polar surface area (TPSA) is 86.3 Å². The van der Waals surface area contributed by atoms with Gasteiger partial charge < -0.3 is 5.11 Å². The number of aliphatic hydroxyl groups excluding tert-OH is 1. The molecule has 0 radical (unpaired) electrons. The van der Waals surface area contributed by atoms with Crippen LogP contribution in [0.15, 0.2) is 17.3 Å². The predicted octanol–water partition coefficient (Wildman–Crippen LogP) is 1.11. The third-order valence-corrected chi connectivity index (χ3v) is 5.43. The summed E-state index contributed by atoms with van der Waals surface area (Å²) >= 11 is 0. The largest absolute Gasteiger partial charge is 0.393 e. The number of aliphatic hydroxyl groups is 1. The van der Waals surface area contributed by atoms with E-state index in [2.05, 4.69) is 10.2 Å². The van der Waals surface area contributed by atoms with Crippen LogP contribution in [0.1, 0.15) is 39.0 Å². The van der Waals surface area contributed by atoms with Crippen LogP contribution in [0.25, 0.3) is 0 Å². The zero-order valence-electron chi connectivity index (χ0n) is 11.1. The molecule has 0 amide bonds. The van der Waals surface area contributed by atoms with Gasteiger partial charge in [0.1, 0.15) is 4.90 Å². The predicted molar refractivity (Wildman–Crippen MR) is 71.0 cm³/mol. The van der Waals surface area contributed by atoms with Crippen molar-refractivity contribution in [1.29, 1.82) is 0 Å². The molecule has 0 aromatic carbocycles. The van der Waals surface area contributed by atoms with Gasteiger partial charge in [0.2, 0.25) is 10.0 Å². The van der Waals surface area contributed by atoms with Crippen LogP contribution in [-0.4, -0.2) is 46.7 Å². The molecule has 0 spiro atoms. The van der Waals surface area contributed by atoms with Crippen molar-refractivity contribution in [2.45, 2.75) is 56.1 Å². The Labute approximate surface area is 113 Å². The van der Waals surface area contributed by atoms with Crippen molar-refractivity contribution in [2.24, 2.45) is 0 Å². The monoisotopic (exact) mass is 287 g/mol. The molecule has 2 atom stereocenters. The Hall–Kier alpha value is -0.920. The van der Waals surface area contributed by atoms with Crippen LogP contribution >= 0.6 is 0 Å². The molecule has 1 saturated heterocycles. The molecule has 2 rings (SSSR count). The minimum Gasteiger partial charge on any atom is -0.393 e. The van der Waals surface area contributed by atoms with E-state index in [9.17, 15) is 13.5 Å². The number of nitrogens with one attached hydrogen (secondary N) is 1. The molecule has 108 valence electrons. The second-order valence-corrected chi connectivity index (χ2v) is 7.03. The van der Waals surface area contributed by atoms with Gasteiger partial charge in [-0.15, -0.1) is 0 Å². The first-order valence-corrected chi connectivity index (χ1v) is 8.14. The first-order chi connectivity index (χ1) is 9.01. The van der Waals surface area contributed by atoms with Gasteiger partial charge in [-0.25, -0.2) is 8.42 Å². The maximum Gasteiger partial charge on any atom is 0.246 e. The van der Waals surface area contributed by atoms with E-state index in [0.717, 1.165) is 25.7 Å². The molecule has 0 bridgehead atoms. The van der Waals surface area contributed by atoms with E-state index in [0.29, 0.717) is 13.0 Å². The zero-order valence-corrected chi connectivity index (χ0v) is 11.9. The van der Waals surface area contributed by atoms with E-state index in [4.69, 9.17) is 0 Å². The number of hydrogen-bond acceptors (Lipinski definition) is 4. The minimum absolute atomic E-state index is 0.123. The quantitative estimate of drug-likeness (QED) is 0.868. The van der Waals surface area contributed by atoms with E-state index in [1.807, 2.05) is 0 Å². The Morgan fingerprint density at radius 1 is 1.53 bits per heavy atom. The molecule has 1 aliphatic heterocycles. The molecule has 7 heteroatoms. The summed E-state index contributed by atoms with van der Waals surface area (Å²) in [5.41, 5.74) is 0. The van der Waals surface area contributed by atoms with Crippen LogP contribution in [-0.2, 0) is 10.0 Å². The molecule has 2 heterocycles. The van der Waals surface area contributed by atoms with E-state index in [-0.39, 0.29) is 10.9 Å². The summed E-state index contributed by atoms with van der Waals surface area (Å²) in [5, 5.41) is 15.8. The molecule has 0 saturated carbocycles. The smallest absolute Gasteiger partial charge is 0.246 e. The van der Waals surface area contributed by atoms with Crippen molar-refractivity contribution in [3.63, 3.8) is 0 Å². The average Bonchev–Trinajstić information content (AvgIpc) is 2.77. The van der Waals surface area contributed by atoms with Gasteiger partial charge in [0, 0.05) is 18.8 Å². The van der Waals surface area contributed by atoms with Crippen LogP contribution in [0.2, 0.25) is 0 Å². The first-order valence-electron chi connectivity index (χ1n) is 6.70. The second-order valence-electron chi connectivity index (χ2n) is 5.14. The molecule has 2 N–H and O–H groups in total. The maximum absolute atomic E-state index is 12.6. The van der Waals surface area contributed by atoms with Crippen molar-refractivity contribution in [2.75, 3.05) is 6.54 Å². The third-order valence-electron chi connectivity index (χ3n) is 3.52. The van der Waals surface area contributed by atoms with Gasteiger partial charge in [0.05, 0.1) is 12.3 Å². The van der Waals surface area contributed by atoms with Crippen molar-refractivity contribution >= 4 is 10.0 Å². The van der Waals surface area contributed by atoms with Crippen molar-refractivity contribution in [3.05, 3.63) is 12.4 Å². The van der Waals surface area contributed by atoms with E-state index >= 15 is 0 Å². The minimum atomic E-state index is -3.51. The molecule has 1 aromatic rings. The summed E-state index contributed by atoms with van der Waals surface area (Å²) in [5.74, 6) is 0. The lowest BCUT2D eigenvalue weighted by atomic mass is 10.1. The molecular formula is C12H21N3O3S. The van der Waals surface area contributed by atoms with Gasteiger partial charge in [0.15, 0.2) is 0 Å². The van der Waals surface area contributed by atoms with E-state index in [1.54, 1.807) is 6.92 Å². The highest BCUT2D eigenvalue weighted by Gasteiger charge is 2.33. The summed E-state index contributed by atoms with van der Waals surface area (Å²) in [4.78, 5) is 0.199. The molecular weight excluding hydrogens is 266 g/mol. The lowest BCUT2D eigenvalue weighted by molar-refractivity contribution is 0.147. The number of hydrogen-bond donors (Lipinski definition) is 2. The fourth-order valence-electron chi connectivity index (χ4n) is 2.61. The average molecular weight is 287 g/mol. The van der Waals surface area contributed by atoms with Gasteiger partial charge in [-0.05, 0) is 26.2 Å². The SMILES string of the molecule is CC(O)CC1CCCCCN1S(=O)(=O)c1cn[nH]c1. The lowest BCUT2D eigenvalue weighted by Crippen LogP contribution is -2.41. The molecule has 0 aliphatic carbocycles. The van der Waals surface area contributed by atoms with Crippen LogP contribution < -0.4 is 0 Å². The highest BCUT2D eigenvalue weighted by molar-refractivity contribution is 7.89. The lowest BCUT2D eigenvalue weighted by Gasteiger charge is -2.29. The Bertz CT molecular complexity index is 484. The Balaban J connectivity index is 2.27. The highest BCUT2D eigenvalue weighted by Crippen LogP contribution is 2.26. The third kappa shape index (κ3) is 3.34. The number of H-pyrrole nitrogens is 1. The van der Waals surface area contributed by atoms with Gasteiger partial charge in [0.25, 0.3) is 0 Å². The van der Waals surface area contributed by atoms with Crippen molar-refractivity contribution in [3.8, 4) is 0 Å². The van der Waals surface area contributed by atoms with Crippen molar-refractivity contribution < 1.29 is 13.5 Å². The summed E-state index contributed by atoms with van der Waals surface area (Å²) in [6.07, 6.45) is 6.44. The fraction of sp³-hybridized carbons (Fsp3) is 0.750. The van der Waals surface area contributed by atoms with Crippen LogP contribution in [0.5, 0.6) is 0 Å².